The lowest BCUT2D eigenvalue weighted by atomic mass is 10.1. The van der Waals surface area contributed by atoms with Crippen LogP contribution < -0.4 is 0 Å². The summed E-state index contributed by atoms with van der Waals surface area (Å²) in [5.41, 5.74) is 4.62. The molecular formula is C18H13NS. The maximum absolute atomic E-state index is 4.89. The van der Waals surface area contributed by atoms with Crippen LogP contribution in [0.4, 0.5) is 0 Å². The number of aromatic nitrogens is 1. The Balaban J connectivity index is 2.11. The van der Waals surface area contributed by atoms with Crippen LogP contribution in [0.1, 0.15) is 5.56 Å². The molecule has 0 aliphatic carbocycles. The van der Waals surface area contributed by atoms with E-state index in [1.807, 2.05) is 6.07 Å². The van der Waals surface area contributed by atoms with Gasteiger partial charge < -0.3 is 0 Å². The van der Waals surface area contributed by atoms with E-state index in [0.717, 1.165) is 11.2 Å². The highest BCUT2D eigenvalue weighted by molar-refractivity contribution is 7.17. The fourth-order valence-corrected chi connectivity index (χ4v) is 3.50. The highest BCUT2D eigenvalue weighted by atomic mass is 32.1. The molecule has 0 N–H and O–H groups in total. The smallest absolute Gasteiger partial charge is 0.0887 e. The van der Waals surface area contributed by atoms with Crippen molar-refractivity contribution in [3.63, 3.8) is 0 Å². The van der Waals surface area contributed by atoms with Crippen LogP contribution >= 0.6 is 11.3 Å². The molecule has 0 aliphatic heterocycles. The Bertz CT molecular complexity index is 904. The van der Waals surface area contributed by atoms with Crippen LogP contribution in [0.25, 0.3) is 32.2 Å². The van der Waals surface area contributed by atoms with Crippen molar-refractivity contribution in [2.75, 3.05) is 0 Å². The number of fused-ring (bicyclic) bond motifs is 3. The number of hydrogen-bond acceptors (Lipinski definition) is 2. The van der Waals surface area contributed by atoms with Crippen LogP contribution in [0.15, 0.2) is 60.0 Å². The van der Waals surface area contributed by atoms with E-state index in [9.17, 15) is 0 Å². The molecule has 0 spiro atoms. The topological polar surface area (TPSA) is 12.9 Å². The lowest BCUT2D eigenvalue weighted by molar-refractivity contribution is 1.41. The highest BCUT2D eigenvalue weighted by Gasteiger charge is 2.10. The van der Waals surface area contributed by atoms with E-state index in [4.69, 9.17) is 4.98 Å². The number of para-hydroxylation sites is 1. The summed E-state index contributed by atoms with van der Waals surface area (Å²) in [6.45, 7) is 2.11. The minimum Gasteiger partial charge on any atom is -0.246 e. The number of rotatable bonds is 1. The van der Waals surface area contributed by atoms with Gasteiger partial charge in [-0.1, -0.05) is 48.0 Å². The van der Waals surface area contributed by atoms with Crippen molar-refractivity contribution in [3.05, 3.63) is 65.5 Å². The summed E-state index contributed by atoms with van der Waals surface area (Å²) in [7, 11) is 0. The van der Waals surface area contributed by atoms with Crippen LogP contribution in [-0.4, -0.2) is 4.98 Å². The van der Waals surface area contributed by atoms with Crippen molar-refractivity contribution < 1.29 is 0 Å². The van der Waals surface area contributed by atoms with Crippen LogP contribution in [0, 0.1) is 6.92 Å². The van der Waals surface area contributed by atoms with Crippen LogP contribution in [0.5, 0.6) is 0 Å². The van der Waals surface area contributed by atoms with E-state index in [2.05, 4.69) is 60.8 Å². The molecule has 0 radical (unpaired) electrons. The van der Waals surface area contributed by atoms with Gasteiger partial charge in [0.25, 0.3) is 0 Å². The average molecular weight is 275 g/mol. The van der Waals surface area contributed by atoms with Crippen molar-refractivity contribution >= 4 is 32.3 Å². The van der Waals surface area contributed by atoms with Crippen molar-refractivity contribution in [1.29, 1.82) is 0 Å². The van der Waals surface area contributed by atoms with Gasteiger partial charge in [-0.3, -0.25) is 0 Å². The van der Waals surface area contributed by atoms with Crippen molar-refractivity contribution in [2.24, 2.45) is 0 Å². The fraction of sp³-hybridized carbons (Fsp3) is 0.0556. The summed E-state index contributed by atoms with van der Waals surface area (Å²) in [5, 5.41) is 4.69. The first-order valence-electron chi connectivity index (χ1n) is 6.66. The largest absolute Gasteiger partial charge is 0.246 e. The monoisotopic (exact) mass is 275 g/mol. The van der Waals surface area contributed by atoms with E-state index in [1.165, 1.54) is 26.6 Å². The maximum Gasteiger partial charge on any atom is 0.0887 e. The third kappa shape index (κ3) is 1.73. The Kier molecular flexibility index (Phi) is 2.57. The molecule has 0 aliphatic rings. The van der Waals surface area contributed by atoms with Crippen LogP contribution in [0.2, 0.25) is 0 Å². The molecule has 0 amide bonds. The van der Waals surface area contributed by atoms with Gasteiger partial charge in [-0.2, -0.15) is 0 Å². The van der Waals surface area contributed by atoms with E-state index < -0.39 is 0 Å². The minimum absolute atomic E-state index is 1.06. The molecule has 0 bridgehead atoms. The molecule has 0 fully saturated rings. The van der Waals surface area contributed by atoms with Gasteiger partial charge >= 0.3 is 0 Å². The zero-order valence-electron chi connectivity index (χ0n) is 11.1. The molecule has 4 aromatic rings. The van der Waals surface area contributed by atoms with Gasteiger partial charge in [-0.05, 0) is 24.4 Å². The fourth-order valence-electron chi connectivity index (χ4n) is 2.58. The molecule has 4 rings (SSSR count). The summed E-state index contributed by atoms with van der Waals surface area (Å²) < 4.78 is 1.27. The number of aryl methyl sites for hydroxylation is 1. The molecule has 2 aromatic heterocycles. The van der Waals surface area contributed by atoms with Crippen molar-refractivity contribution in [3.8, 4) is 11.3 Å². The summed E-state index contributed by atoms with van der Waals surface area (Å²) in [6.07, 6.45) is 0. The molecule has 2 heteroatoms. The Morgan fingerprint density at radius 3 is 2.50 bits per heavy atom. The van der Waals surface area contributed by atoms with E-state index in [-0.39, 0.29) is 0 Å². The molecule has 0 saturated heterocycles. The minimum atomic E-state index is 1.06. The number of pyridine rings is 1. The van der Waals surface area contributed by atoms with Gasteiger partial charge in [-0.25, -0.2) is 4.98 Å². The Morgan fingerprint density at radius 1 is 0.850 bits per heavy atom. The lowest BCUT2D eigenvalue weighted by Gasteiger charge is -2.06. The number of benzene rings is 2. The number of hydrogen-bond donors (Lipinski definition) is 0. The lowest BCUT2D eigenvalue weighted by Crippen LogP contribution is -1.87. The van der Waals surface area contributed by atoms with Gasteiger partial charge in [0.15, 0.2) is 0 Å². The highest BCUT2D eigenvalue weighted by Crippen LogP contribution is 2.35. The first-order chi connectivity index (χ1) is 9.83. The summed E-state index contributed by atoms with van der Waals surface area (Å²) in [5.74, 6) is 0. The second-order valence-electron chi connectivity index (χ2n) is 5.01. The zero-order valence-corrected chi connectivity index (χ0v) is 11.9. The summed E-state index contributed by atoms with van der Waals surface area (Å²) in [4.78, 5) is 4.89. The quantitative estimate of drug-likeness (QED) is 0.451. The Hall–Kier alpha value is -2.19. The molecule has 0 saturated carbocycles. The van der Waals surface area contributed by atoms with Crippen molar-refractivity contribution in [2.45, 2.75) is 6.92 Å². The van der Waals surface area contributed by atoms with Gasteiger partial charge in [-0.15, -0.1) is 11.3 Å². The Morgan fingerprint density at radius 2 is 1.65 bits per heavy atom. The normalized spacial score (nSPS) is 11.2. The van der Waals surface area contributed by atoms with Crippen molar-refractivity contribution in [1.82, 2.24) is 4.98 Å². The van der Waals surface area contributed by atoms with Crippen LogP contribution in [-0.2, 0) is 0 Å². The first kappa shape index (κ1) is 11.6. The van der Waals surface area contributed by atoms with Gasteiger partial charge in [0.2, 0.25) is 0 Å². The first-order valence-corrected chi connectivity index (χ1v) is 7.54. The Labute approximate surface area is 121 Å². The SMILES string of the molecule is Cc1ccc(-c2nc3ccccc3c3ccsc23)cc1. The molecule has 0 unspecified atom stereocenters. The van der Waals surface area contributed by atoms with E-state index >= 15 is 0 Å². The van der Waals surface area contributed by atoms with E-state index in [1.54, 1.807) is 11.3 Å². The molecule has 1 nitrogen and oxygen atoms in total. The molecule has 2 aromatic carbocycles. The van der Waals surface area contributed by atoms with E-state index in [0.29, 0.717) is 0 Å². The summed E-state index contributed by atoms with van der Waals surface area (Å²) in [6, 6.07) is 19.2. The standard InChI is InChI=1S/C18H13NS/c1-12-6-8-13(9-7-12)17-18-15(10-11-20-18)14-4-2-3-5-16(14)19-17/h2-11H,1H3. The number of thiophene rings is 1. The molecule has 96 valence electrons. The molecular weight excluding hydrogens is 262 g/mol. The molecule has 20 heavy (non-hydrogen) atoms. The number of nitrogens with zero attached hydrogens (tertiary/aromatic N) is 1. The summed E-state index contributed by atoms with van der Waals surface area (Å²) >= 11 is 1.77. The third-order valence-corrected chi connectivity index (χ3v) is 4.55. The maximum atomic E-state index is 4.89. The third-order valence-electron chi connectivity index (χ3n) is 3.63. The van der Waals surface area contributed by atoms with Crippen LogP contribution in [0.3, 0.4) is 0 Å². The van der Waals surface area contributed by atoms with Gasteiger partial charge in [0.1, 0.15) is 0 Å². The average Bonchev–Trinajstić information content (AvgIpc) is 2.97. The molecule has 2 heterocycles. The van der Waals surface area contributed by atoms with Gasteiger partial charge in [0, 0.05) is 16.3 Å². The second-order valence-corrected chi connectivity index (χ2v) is 5.92. The second kappa shape index (κ2) is 4.43. The predicted molar refractivity (Wildman–Crippen MR) is 87.3 cm³/mol. The predicted octanol–water partition coefficient (Wildman–Crippen LogP) is 5.42. The van der Waals surface area contributed by atoms with Gasteiger partial charge in [0.05, 0.1) is 15.9 Å². The molecule has 0 atom stereocenters. The zero-order chi connectivity index (χ0) is 13.5.